The van der Waals surface area contributed by atoms with Gasteiger partial charge in [0.1, 0.15) is 18.5 Å². The van der Waals surface area contributed by atoms with Crippen LogP contribution in [0.2, 0.25) is 0 Å². The molecule has 1 N–H and O–H groups in total. The number of nitriles is 1. The van der Waals surface area contributed by atoms with E-state index in [0.717, 1.165) is 41.2 Å². The summed E-state index contributed by atoms with van der Waals surface area (Å²) in [5, 5.41) is 9.26. The molecule has 3 aromatic rings. The summed E-state index contributed by atoms with van der Waals surface area (Å²) in [6.07, 6.45) is 10.3. The molecule has 4 rings (SSSR count). The molecule has 0 aliphatic carbocycles. The SMILES string of the molecule is C=C/C=C(\C=C/C)c1nc(C2CCN(C(=O)OCc3ccccc3)CC2)[nH]c1-c1ccnc(C#N)n1.CC.CC. The van der Waals surface area contributed by atoms with Crippen LogP contribution in [-0.2, 0) is 11.3 Å². The number of piperidine rings is 1. The largest absolute Gasteiger partial charge is 0.445 e. The Morgan fingerprint density at radius 2 is 1.85 bits per heavy atom. The number of carbonyl (C=O) groups excluding carboxylic acids is 1. The van der Waals surface area contributed by atoms with Crippen molar-refractivity contribution < 1.29 is 9.53 Å². The third kappa shape index (κ3) is 8.50. The van der Waals surface area contributed by atoms with Crippen molar-refractivity contribution in [2.24, 2.45) is 0 Å². The number of nitrogens with one attached hydrogen (secondary N) is 1. The molecule has 8 heteroatoms. The van der Waals surface area contributed by atoms with Crippen molar-refractivity contribution >= 4 is 11.7 Å². The molecule has 1 aliphatic rings. The van der Waals surface area contributed by atoms with E-state index in [-0.39, 0.29) is 24.4 Å². The quantitative estimate of drug-likeness (QED) is 0.312. The summed E-state index contributed by atoms with van der Waals surface area (Å²) in [6, 6.07) is 13.4. The van der Waals surface area contributed by atoms with Gasteiger partial charge in [0.15, 0.2) is 0 Å². The molecule has 2 aromatic heterocycles. The zero-order chi connectivity index (χ0) is 29.3. The highest BCUT2D eigenvalue weighted by atomic mass is 16.6. The molecule has 40 heavy (non-hydrogen) atoms. The Bertz CT molecular complexity index is 1310. The highest BCUT2D eigenvalue weighted by Crippen LogP contribution is 2.33. The third-order valence-electron chi connectivity index (χ3n) is 6.00. The summed E-state index contributed by atoms with van der Waals surface area (Å²) in [5.41, 5.74) is 3.89. The molecular weight excluding hydrogens is 500 g/mol. The lowest BCUT2D eigenvalue weighted by molar-refractivity contribution is 0.0866. The van der Waals surface area contributed by atoms with Crippen LogP contribution in [0.1, 0.15) is 76.3 Å². The monoisotopic (exact) mass is 540 g/mol. The predicted octanol–water partition coefficient (Wildman–Crippen LogP) is 7.45. The normalized spacial score (nSPS) is 13.4. The van der Waals surface area contributed by atoms with Crippen molar-refractivity contribution in [3.8, 4) is 17.5 Å². The zero-order valence-corrected chi connectivity index (χ0v) is 24.2. The molecule has 0 spiro atoms. The van der Waals surface area contributed by atoms with Crippen LogP contribution in [0.15, 0.2) is 73.5 Å². The van der Waals surface area contributed by atoms with E-state index in [1.165, 1.54) is 0 Å². The Balaban J connectivity index is 0.00000134. The Morgan fingerprint density at radius 1 is 1.15 bits per heavy atom. The standard InChI is InChI=1S/C28H28N6O2.2C2H6/c1-3-8-21(9-4-2)25-26(23-12-15-30-24(18-29)31-23)33-27(32-25)22-13-16-34(17-14-22)28(35)36-19-20-10-6-5-7-11-20;2*1-2/h3-12,15,22H,1,13-14,16-17,19H2,2H3,(H,32,33);2*1-2H3/b9-4-,21-8+;;. The second-order valence-electron chi connectivity index (χ2n) is 8.38. The van der Waals surface area contributed by atoms with Crippen LogP contribution in [0.4, 0.5) is 4.79 Å². The van der Waals surface area contributed by atoms with Crippen LogP contribution in [0, 0.1) is 11.3 Å². The number of H-pyrrole nitrogens is 1. The number of aromatic nitrogens is 4. The molecule has 0 saturated carbocycles. The molecule has 3 heterocycles. The fourth-order valence-corrected chi connectivity index (χ4v) is 4.20. The molecular formula is C32H40N6O2. The molecule has 210 valence electrons. The van der Waals surface area contributed by atoms with E-state index in [4.69, 9.17) is 9.72 Å². The van der Waals surface area contributed by atoms with Gasteiger partial charge in [0.2, 0.25) is 5.82 Å². The molecule has 1 amide bonds. The molecule has 0 radical (unpaired) electrons. The van der Waals surface area contributed by atoms with Gasteiger partial charge in [-0.3, -0.25) is 0 Å². The number of nitrogens with zero attached hydrogens (tertiary/aromatic N) is 5. The summed E-state index contributed by atoms with van der Waals surface area (Å²) in [7, 11) is 0. The average Bonchev–Trinajstić information content (AvgIpc) is 3.48. The van der Waals surface area contributed by atoms with E-state index in [1.54, 1.807) is 23.2 Å². The van der Waals surface area contributed by atoms with Gasteiger partial charge in [-0.2, -0.15) is 5.26 Å². The Kier molecular flexibility index (Phi) is 13.6. The Labute approximate surface area is 238 Å². The van der Waals surface area contributed by atoms with Crippen LogP contribution < -0.4 is 0 Å². The molecule has 0 atom stereocenters. The van der Waals surface area contributed by atoms with Gasteiger partial charge < -0.3 is 14.6 Å². The Morgan fingerprint density at radius 3 is 2.48 bits per heavy atom. The first-order valence-electron chi connectivity index (χ1n) is 13.9. The second-order valence-corrected chi connectivity index (χ2v) is 8.38. The minimum atomic E-state index is -0.299. The first-order valence-corrected chi connectivity index (χ1v) is 13.9. The smallest absolute Gasteiger partial charge is 0.410 e. The number of aromatic amines is 1. The lowest BCUT2D eigenvalue weighted by atomic mass is 9.96. The topological polar surface area (TPSA) is 108 Å². The van der Waals surface area contributed by atoms with Crippen molar-refractivity contribution in [2.45, 2.75) is 60.0 Å². The van der Waals surface area contributed by atoms with Crippen molar-refractivity contribution in [1.29, 1.82) is 5.26 Å². The van der Waals surface area contributed by atoms with E-state index < -0.39 is 0 Å². The number of allylic oxidation sites excluding steroid dienone is 5. The number of amides is 1. The highest BCUT2D eigenvalue weighted by Gasteiger charge is 2.28. The summed E-state index contributed by atoms with van der Waals surface area (Å²) in [4.78, 5) is 31.1. The fraction of sp³-hybridized carbons (Fsp3) is 0.344. The van der Waals surface area contributed by atoms with E-state index >= 15 is 0 Å². The maximum atomic E-state index is 12.6. The number of hydrogen-bond donors (Lipinski definition) is 1. The van der Waals surface area contributed by atoms with Crippen LogP contribution in [0.25, 0.3) is 17.0 Å². The first-order chi connectivity index (χ1) is 19.6. The van der Waals surface area contributed by atoms with Crippen LogP contribution in [-0.4, -0.2) is 44.0 Å². The molecule has 0 bridgehead atoms. The van der Waals surface area contributed by atoms with E-state index in [0.29, 0.717) is 18.8 Å². The van der Waals surface area contributed by atoms with Crippen LogP contribution in [0.3, 0.4) is 0 Å². The zero-order valence-electron chi connectivity index (χ0n) is 24.2. The van der Waals surface area contributed by atoms with E-state index in [2.05, 4.69) is 21.5 Å². The lowest BCUT2D eigenvalue weighted by Gasteiger charge is -2.30. The lowest BCUT2D eigenvalue weighted by Crippen LogP contribution is -2.38. The van der Waals surface area contributed by atoms with Crippen molar-refractivity contribution in [3.05, 3.63) is 96.4 Å². The van der Waals surface area contributed by atoms with Gasteiger partial charge in [-0.15, -0.1) is 0 Å². The van der Waals surface area contributed by atoms with Gasteiger partial charge in [0.05, 0.1) is 17.1 Å². The van der Waals surface area contributed by atoms with Gasteiger partial charge in [0.25, 0.3) is 0 Å². The van der Waals surface area contributed by atoms with Crippen molar-refractivity contribution in [1.82, 2.24) is 24.8 Å². The van der Waals surface area contributed by atoms with Gasteiger partial charge in [-0.05, 0) is 31.4 Å². The maximum Gasteiger partial charge on any atom is 0.410 e. The number of hydrogen-bond acceptors (Lipinski definition) is 6. The molecule has 8 nitrogen and oxygen atoms in total. The Hall–Kier alpha value is -4.51. The molecule has 1 saturated heterocycles. The summed E-state index contributed by atoms with van der Waals surface area (Å²) in [6.45, 7) is 15.2. The minimum Gasteiger partial charge on any atom is -0.445 e. The molecule has 0 unspecified atom stereocenters. The average molecular weight is 541 g/mol. The van der Waals surface area contributed by atoms with E-state index in [9.17, 15) is 10.1 Å². The third-order valence-corrected chi connectivity index (χ3v) is 6.00. The molecule has 1 fully saturated rings. The first kappa shape index (κ1) is 31.7. The highest BCUT2D eigenvalue weighted by molar-refractivity contribution is 5.81. The van der Waals surface area contributed by atoms with Crippen molar-refractivity contribution in [2.75, 3.05) is 13.1 Å². The number of imidazole rings is 1. The molecule has 1 aliphatic heterocycles. The summed E-state index contributed by atoms with van der Waals surface area (Å²) >= 11 is 0. The van der Waals surface area contributed by atoms with Gasteiger partial charge >= 0.3 is 6.09 Å². The summed E-state index contributed by atoms with van der Waals surface area (Å²) in [5.74, 6) is 1.06. The van der Waals surface area contributed by atoms with Gasteiger partial charge in [-0.25, -0.2) is 19.7 Å². The van der Waals surface area contributed by atoms with Crippen LogP contribution >= 0.6 is 0 Å². The number of benzene rings is 1. The minimum absolute atomic E-state index is 0.0946. The van der Waals surface area contributed by atoms with Crippen molar-refractivity contribution in [3.63, 3.8) is 0 Å². The van der Waals surface area contributed by atoms with Crippen LogP contribution in [0.5, 0.6) is 0 Å². The second kappa shape index (κ2) is 17.2. The number of rotatable bonds is 7. The maximum absolute atomic E-state index is 12.6. The van der Waals surface area contributed by atoms with E-state index in [1.807, 2.05) is 89.2 Å². The predicted molar refractivity (Wildman–Crippen MR) is 160 cm³/mol. The van der Waals surface area contributed by atoms with Gasteiger partial charge in [-0.1, -0.05) is 88.9 Å². The molecule has 1 aromatic carbocycles. The number of likely N-dealkylation sites (tertiary alicyclic amines) is 1. The summed E-state index contributed by atoms with van der Waals surface area (Å²) < 4.78 is 5.50. The number of carbonyl (C=O) groups is 1. The fourth-order valence-electron chi connectivity index (χ4n) is 4.20. The van der Waals surface area contributed by atoms with Gasteiger partial charge in [0, 0.05) is 30.8 Å². The number of ether oxygens (including phenoxy) is 1.